The Balaban J connectivity index is 2.25. The van der Waals surface area contributed by atoms with Crippen LogP contribution in [0.1, 0.15) is 55.5 Å². The summed E-state index contributed by atoms with van der Waals surface area (Å²) in [6.07, 6.45) is 3.73. The number of Topliss-reactive ketones (excluding diaryl/α,β-unsaturated/α-hetero) is 1. The third kappa shape index (κ3) is 2.89. The highest BCUT2D eigenvalue weighted by Gasteiger charge is 2.44. The quantitative estimate of drug-likeness (QED) is 0.763. The number of benzene rings is 1. The lowest BCUT2D eigenvalue weighted by molar-refractivity contribution is -0.0383. The van der Waals surface area contributed by atoms with Crippen LogP contribution in [0.4, 0.5) is 0 Å². The molecule has 2 heteroatoms. The van der Waals surface area contributed by atoms with Gasteiger partial charge in [-0.2, -0.15) is 0 Å². The van der Waals surface area contributed by atoms with E-state index in [4.69, 9.17) is 4.74 Å². The van der Waals surface area contributed by atoms with Crippen LogP contribution < -0.4 is 0 Å². The summed E-state index contributed by atoms with van der Waals surface area (Å²) in [7, 11) is 1.67. The van der Waals surface area contributed by atoms with Crippen LogP contribution >= 0.6 is 0 Å². The van der Waals surface area contributed by atoms with Gasteiger partial charge in [-0.3, -0.25) is 4.79 Å². The highest BCUT2D eigenvalue weighted by molar-refractivity contribution is 6.02. The molecule has 0 aliphatic heterocycles. The highest BCUT2D eigenvalue weighted by atomic mass is 16.5. The smallest absolute Gasteiger partial charge is 0.194 e. The first kappa shape index (κ1) is 14.3. The number of aryl methyl sites for hydroxylation is 1. The average molecular weight is 260 g/mol. The fraction of sp³-hybridized carbons (Fsp3) is 0.588. The molecular weight excluding hydrogens is 236 g/mol. The van der Waals surface area contributed by atoms with Gasteiger partial charge in [0.1, 0.15) is 5.60 Å². The Bertz CT molecular complexity index is 464. The van der Waals surface area contributed by atoms with E-state index in [1.807, 2.05) is 31.2 Å². The SMILES string of the molecule is COC1(C(=O)c2cccc(C)c2)CCC(C)(C)CC1. The van der Waals surface area contributed by atoms with Crippen molar-refractivity contribution < 1.29 is 9.53 Å². The van der Waals surface area contributed by atoms with E-state index in [2.05, 4.69) is 13.8 Å². The molecule has 0 spiro atoms. The van der Waals surface area contributed by atoms with Crippen LogP contribution in [0.25, 0.3) is 0 Å². The van der Waals surface area contributed by atoms with Crippen molar-refractivity contribution in [2.75, 3.05) is 7.11 Å². The Labute approximate surface area is 116 Å². The van der Waals surface area contributed by atoms with Gasteiger partial charge in [0, 0.05) is 12.7 Å². The van der Waals surface area contributed by atoms with Gasteiger partial charge in [-0.25, -0.2) is 0 Å². The third-order valence-electron chi connectivity index (χ3n) is 4.50. The molecule has 1 saturated carbocycles. The van der Waals surface area contributed by atoms with Crippen molar-refractivity contribution in [2.45, 2.75) is 52.1 Å². The first-order chi connectivity index (χ1) is 8.88. The van der Waals surface area contributed by atoms with Gasteiger partial charge in [0.25, 0.3) is 0 Å². The third-order valence-corrected chi connectivity index (χ3v) is 4.50. The number of ketones is 1. The zero-order chi connectivity index (χ0) is 14.1. The van der Waals surface area contributed by atoms with Crippen molar-refractivity contribution in [1.82, 2.24) is 0 Å². The maximum absolute atomic E-state index is 12.8. The largest absolute Gasteiger partial charge is 0.370 e. The minimum Gasteiger partial charge on any atom is -0.370 e. The molecular formula is C17H24O2. The van der Waals surface area contributed by atoms with Crippen molar-refractivity contribution >= 4 is 5.78 Å². The minimum absolute atomic E-state index is 0.147. The maximum Gasteiger partial charge on any atom is 0.194 e. The van der Waals surface area contributed by atoms with E-state index in [9.17, 15) is 4.79 Å². The van der Waals surface area contributed by atoms with Crippen LogP contribution in [-0.4, -0.2) is 18.5 Å². The zero-order valence-electron chi connectivity index (χ0n) is 12.5. The molecule has 1 aliphatic carbocycles. The molecule has 2 nitrogen and oxygen atoms in total. The number of carbonyl (C=O) groups is 1. The summed E-state index contributed by atoms with van der Waals surface area (Å²) in [5.74, 6) is 0.147. The van der Waals surface area contributed by atoms with Crippen LogP contribution in [0.5, 0.6) is 0 Å². The summed E-state index contributed by atoms with van der Waals surface area (Å²) in [6.45, 7) is 6.55. The van der Waals surface area contributed by atoms with Crippen molar-refractivity contribution in [1.29, 1.82) is 0 Å². The zero-order valence-corrected chi connectivity index (χ0v) is 12.5. The topological polar surface area (TPSA) is 26.3 Å². The molecule has 0 N–H and O–H groups in total. The number of hydrogen-bond acceptors (Lipinski definition) is 2. The van der Waals surface area contributed by atoms with E-state index in [0.29, 0.717) is 5.41 Å². The Morgan fingerprint density at radius 3 is 2.32 bits per heavy atom. The van der Waals surface area contributed by atoms with Crippen molar-refractivity contribution in [3.8, 4) is 0 Å². The first-order valence-electron chi connectivity index (χ1n) is 7.05. The van der Waals surface area contributed by atoms with E-state index in [0.717, 1.165) is 36.8 Å². The van der Waals surface area contributed by atoms with Crippen LogP contribution in [0.3, 0.4) is 0 Å². The van der Waals surface area contributed by atoms with Gasteiger partial charge < -0.3 is 4.74 Å². The molecule has 0 aromatic heterocycles. The Kier molecular flexibility index (Phi) is 3.82. The van der Waals surface area contributed by atoms with Gasteiger partial charge in [-0.15, -0.1) is 0 Å². The lowest BCUT2D eigenvalue weighted by atomic mass is 9.68. The van der Waals surface area contributed by atoms with E-state index in [1.165, 1.54) is 0 Å². The molecule has 0 bridgehead atoms. The van der Waals surface area contributed by atoms with Gasteiger partial charge in [-0.1, -0.05) is 37.6 Å². The number of ether oxygens (including phenoxy) is 1. The van der Waals surface area contributed by atoms with E-state index in [-0.39, 0.29) is 5.78 Å². The average Bonchev–Trinajstić information content (AvgIpc) is 2.39. The fourth-order valence-corrected chi connectivity index (χ4v) is 2.90. The summed E-state index contributed by atoms with van der Waals surface area (Å²) >= 11 is 0. The summed E-state index contributed by atoms with van der Waals surface area (Å²) < 4.78 is 5.68. The van der Waals surface area contributed by atoms with Crippen molar-refractivity contribution in [3.63, 3.8) is 0 Å². The number of carbonyl (C=O) groups excluding carboxylic acids is 1. The highest BCUT2D eigenvalue weighted by Crippen LogP contribution is 2.43. The standard InChI is InChI=1S/C17H24O2/c1-13-6-5-7-14(12-13)15(18)17(19-4)10-8-16(2,3)9-11-17/h5-7,12H,8-11H2,1-4H3. The normalized spacial score (nSPS) is 21.1. The van der Waals surface area contributed by atoms with Crippen molar-refractivity contribution in [3.05, 3.63) is 35.4 Å². The van der Waals surface area contributed by atoms with E-state index in [1.54, 1.807) is 7.11 Å². The number of methoxy groups -OCH3 is 1. The van der Waals surface area contributed by atoms with Gasteiger partial charge >= 0.3 is 0 Å². The van der Waals surface area contributed by atoms with Crippen LogP contribution in [-0.2, 0) is 4.74 Å². The molecule has 104 valence electrons. The van der Waals surface area contributed by atoms with Crippen LogP contribution in [0.15, 0.2) is 24.3 Å². The Hall–Kier alpha value is -1.15. The predicted octanol–water partition coefficient (Wildman–Crippen LogP) is 4.16. The second-order valence-electron chi connectivity index (χ2n) is 6.56. The van der Waals surface area contributed by atoms with Crippen LogP contribution in [0.2, 0.25) is 0 Å². The number of rotatable bonds is 3. The van der Waals surface area contributed by atoms with Crippen molar-refractivity contribution in [2.24, 2.45) is 5.41 Å². The molecule has 0 saturated heterocycles. The summed E-state index contributed by atoms with van der Waals surface area (Å²) in [5, 5.41) is 0. The van der Waals surface area contributed by atoms with E-state index < -0.39 is 5.60 Å². The van der Waals surface area contributed by atoms with Gasteiger partial charge in [-0.05, 0) is 44.1 Å². The maximum atomic E-state index is 12.8. The molecule has 0 heterocycles. The molecule has 2 rings (SSSR count). The van der Waals surface area contributed by atoms with Crippen LogP contribution in [0, 0.1) is 12.3 Å². The molecule has 0 amide bonds. The Morgan fingerprint density at radius 2 is 1.79 bits per heavy atom. The Morgan fingerprint density at radius 1 is 1.16 bits per heavy atom. The lowest BCUT2D eigenvalue weighted by Crippen LogP contribution is -2.45. The monoisotopic (exact) mass is 260 g/mol. The molecule has 1 aliphatic rings. The molecule has 0 radical (unpaired) electrons. The summed E-state index contributed by atoms with van der Waals surface area (Å²) in [5.41, 5.74) is 1.62. The molecule has 0 atom stereocenters. The molecule has 19 heavy (non-hydrogen) atoms. The van der Waals surface area contributed by atoms with Gasteiger partial charge in [0.15, 0.2) is 5.78 Å². The molecule has 0 unspecified atom stereocenters. The predicted molar refractivity (Wildman–Crippen MR) is 77.5 cm³/mol. The van der Waals surface area contributed by atoms with Gasteiger partial charge in [0.2, 0.25) is 0 Å². The lowest BCUT2D eigenvalue weighted by Gasteiger charge is -2.41. The molecule has 1 aromatic carbocycles. The summed E-state index contributed by atoms with van der Waals surface area (Å²) in [6, 6.07) is 7.82. The van der Waals surface area contributed by atoms with Gasteiger partial charge in [0.05, 0.1) is 0 Å². The van der Waals surface area contributed by atoms with E-state index >= 15 is 0 Å². The minimum atomic E-state index is -0.608. The second kappa shape index (κ2) is 5.09. The number of hydrogen-bond donors (Lipinski definition) is 0. The molecule has 1 aromatic rings. The second-order valence-corrected chi connectivity index (χ2v) is 6.56. The fourth-order valence-electron chi connectivity index (χ4n) is 2.90. The molecule has 1 fully saturated rings. The first-order valence-corrected chi connectivity index (χ1v) is 7.05. The summed E-state index contributed by atoms with van der Waals surface area (Å²) in [4.78, 5) is 12.8.